The van der Waals surface area contributed by atoms with Crippen molar-refractivity contribution in [3.8, 4) is 0 Å². The lowest BCUT2D eigenvalue weighted by atomic mass is 10.2. The molecule has 0 radical (unpaired) electrons. The molecule has 96 valence electrons. The Morgan fingerprint density at radius 2 is 2.00 bits per heavy atom. The molecule has 0 aromatic carbocycles. The zero-order valence-electron chi connectivity index (χ0n) is 11.4. The van der Waals surface area contributed by atoms with Crippen molar-refractivity contribution >= 4 is 11.6 Å². The highest BCUT2D eigenvalue weighted by molar-refractivity contribution is 5.47. The first-order chi connectivity index (χ1) is 8.04. The number of hydrogen-bond donors (Lipinski definition) is 1. The largest absolute Gasteiger partial charge is 0.384 e. The van der Waals surface area contributed by atoms with E-state index in [0.29, 0.717) is 11.9 Å². The Morgan fingerprint density at radius 1 is 1.29 bits per heavy atom. The van der Waals surface area contributed by atoms with Gasteiger partial charge in [-0.2, -0.15) is 0 Å². The molecule has 1 heterocycles. The van der Waals surface area contributed by atoms with Gasteiger partial charge in [0.1, 0.15) is 17.5 Å². The number of aryl methyl sites for hydroxylation is 1. The number of aromatic nitrogens is 2. The Hall–Kier alpha value is -1.32. The second-order valence-corrected chi connectivity index (χ2v) is 4.69. The van der Waals surface area contributed by atoms with E-state index in [2.05, 4.69) is 35.6 Å². The van der Waals surface area contributed by atoms with Crippen LogP contribution in [0.1, 0.15) is 45.9 Å². The van der Waals surface area contributed by atoms with Crippen LogP contribution in [0.2, 0.25) is 0 Å². The van der Waals surface area contributed by atoms with E-state index in [4.69, 9.17) is 5.73 Å². The van der Waals surface area contributed by atoms with Crippen LogP contribution in [0.4, 0.5) is 11.6 Å². The lowest BCUT2D eigenvalue weighted by molar-refractivity contribution is 0.618. The Kier molecular flexibility index (Phi) is 5.19. The van der Waals surface area contributed by atoms with E-state index in [1.807, 2.05) is 13.0 Å². The fourth-order valence-electron chi connectivity index (χ4n) is 1.89. The second kappa shape index (κ2) is 6.42. The van der Waals surface area contributed by atoms with Gasteiger partial charge in [-0.1, -0.05) is 19.8 Å². The van der Waals surface area contributed by atoms with Crippen molar-refractivity contribution in [3.05, 3.63) is 11.9 Å². The average Bonchev–Trinajstić information content (AvgIpc) is 2.22. The van der Waals surface area contributed by atoms with Gasteiger partial charge in [-0.15, -0.1) is 0 Å². The van der Waals surface area contributed by atoms with Crippen molar-refractivity contribution < 1.29 is 0 Å². The fourth-order valence-corrected chi connectivity index (χ4v) is 1.89. The van der Waals surface area contributed by atoms with E-state index >= 15 is 0 Å². The van der Waals surface area contributed by atoms with Crippen LogP contribution < -0.4 is 10.6 Å². The summed E-state index contributed by atoms with van der Waals surface area (Å²) >= 11 is 0. The third-order valence-electron chi connectivity index (χ3n) is 2.76. The molecule has 0 bridgehead atoms. The van der Waals surface area contributed by atoms with Crippen LogP contribution in [0.3, 0.4) is 0 Å². The number of unbranched alkanes of at least 4 members (excludes halogenated alkanes) is 2. The van der Waals surface area contributed by atoms with Gasteiger partial charge >= 0.3 is 0 Å². The summed E-state index contributed by atoms with van der Waals surface area (Å²) in [5.41, 5.74) is 5.77. The molecular formula is C13H24N4. The summed E-state index contributed by atoms with van der Waals surface area (Å²) < 4.78 is 0. The molecule has 0 fully saturated rings. The van der Waals surface area contributed by atoms with E-state index in [1.165, 1.54) is 19.3 Å². The summed E-state index contributed by atoms with van der Waals surface area (Å²) in [5, 5.41) is 0. The van der Waals surface area contributed by atoms with Crippen molar-refractivity contribution in [2.45, 2.75) is 53.0 Å². The smallest absolute Gasteiger partial charge is 0.134 e. The Labute approximate surface area is 104 Å². The molecule has 1 aromatic rings. The zero-order chi connectivity index (χ0) is 12.8. The molecule has 0 aliphatic heterocycles. The van der Waals surface area contributed by atoms with Gasteiger partial charge in [-0.25, -0.2) is 9.97 Å². The predicted molar refractivity (Wildman–Crippen MR) is 73.2 cm³/mol. The van der Waals surface area contributed by atoms with Gasteiger partial charge in [0.2, 0.25) is 0 Å². The number of nitrogens with zero attached hydrogens (tertiary/aromatic N) is 3. The predicted octanol–water partition coefficient (Wildman–Crippen LogP) is 2.77. The number of nitrogen functional groups attached to an aromatic ring is 1. The maximum absolute atomic E-state index is 5.77. The zero-order valence-corrected chi connectivity index (χ0v) is 11.4. The Bertz CT molecular complexity index is 329. The highest BCUT2D eigenvalue weighted by Gasteiger charge is 2.12. The van der Waals surface area contributed by atoms with E-state index < -0.39 is 0 Å². The standard InChI is InChI=1S/C13H24N4/c1-5-6-7-8-17(10(2)3)13-9-12(14)15-11(4)16-13/h9-10H,5-8H2,1-4H3,(H2,14,15,16). The van der Waals surface area contributed by atoms with E-state index in [1.54, 1.807) is 0 Å². The normalized spacial score (nSPS) is 10.9. The molecule has 1 aromatic heterocycles. The lowest BCUT2D eigenvalue weighted by Gasteiger charge is -2.28. The van der Waals surface area contributed by atoms with Gasteiger partial charge in [0, 0.05) is 18.7 Å². The van der Waals surface area contributed by atoms with Gasteiger partial charge < -0.3 is 10.6 Å². The molecule has 0 aliphatic carbocycles. The molecule has 0 unspecified atom stereocenters. The van der Waals surface area contributed by atoms with Crippen LogP contribution in [0.5, 0.6) is 0 Å². The van der Waals surface area contributed by atoms with Gasteiger partial charge in [0.25, 0.3) is 0 Å². The topological polar surface area (TPSA) is 55.0 Å². The maximum Gasteiger partial charge on any atom is 0.134 e. The molecule has 0 aliphatic rings. The van der Waals surface area contributed by atoms with Gasteiger partial charge in [-0.05, 0) is 27.2 Å². The van der Waals surface area contributed by atoms with Crippen LogP contribution in [0.25, 0.3) is 0 Å². The minimum Gasteiger partial charge on any atom is -0.384 e. The third kappa shape index (κ3) is 4.21. The summed E-state index contributed by atoms with van der Waals surface area (Å²) in [6.07, 6.45) is 3.68. The minimum atomic E-state index is 0.431. The van der Waals surface area contributed by atoms with Gasteiger partial charge in [0.05, 0.1) is 0 Å². The Balaban J connectivity index is 2.81. The van der Waals surface area contributed by atoms with Crippen molar-refractivity contribution in [2.24, 2.45) is 0 Å². The molecule has 0 spiro atoms. The quantitative estimate of drug-likeness (QED) is 0.772. The summed E-state index contributed by atoms with van der Waals surface area (Å²) in [4.78, 5) is 10.9. The number of hydrogen-bond acceptors (Lipinski definition) is 4. The van der Waals surface area contributed by atoms with Crippen molar-refractivity contribution in [1.29, 1.82) is 0 Å². The third-order valence-corrected chi connectivity index (χ3v) is 2.76. The molecule has 4 heteroatoms. The summed E-state index contributed by atoms with van der Waals surface area (Å²) in [5.74, 6) is 2.23. The van der Waals surface area contributed by atoms with E-state index in [-0.39, 0.29) is 0 Å². The maximum atomic E-state index is 5.77. The van der Waals surface area contributed by atoms with Gasteiger partial charge in [-0.3, -0.25) is 0 Å². The van der Waals surface area contributed by atoms with Crippen molar-refractivity contribution in [2.75, 3.05) is 17.2 Å². The first kappa shape index (κ1) is 13.7. The highest BCUT2D eigenvalue weighted by Crippen LogP contribution is 2.17. The molecule has 1 rings (SSSR count). The molecular weight excluding hydrogens is 212 g/mol. The number of anilines is 2. The first-order valence-corrected chi connectivity index (χ1v) is 6.42. The van der Waals surface area contributed by atoms with Crippen molar-refractivity contribution in [1.82, 2.24) is 9.97 Å². The van der Waals surface area contributed by atoms with Crippen LogP contribution >= 0.6 is 0 Å². The number of rotatable bonds is 6. The van der Waals surface area contributed by atoms with E-state index in [9.17, 15) is 0 Å². The van der Waals surface area contributed by atoms with Crippen molar-refractivity contribution in [3.63, 3.8) is 0 Å². The molecule has 0 saturated carbocycles. The average molecular weight is 236 g/mol. The van der Waals surface area contributed by atoms with Crippen LogP contribution in [-0.4, -0.2) is 22.6 Å². The number of nitrogens with two attached hydrogens (primary N) is 1. The summed E-state index contributed by atoms with van der Waals surface area (Å²) in [6, 6.07) is 2.29. The lowest BCUT2D eigenvalue weighted by Crippen LogP contribution is -2.32. The molecule has 0 atom stereocenters. The summed E-state index contributed by atoms with van der Waals surface area (Å²) in [6.45, 7) is 9.48. The highest BCUT2D eigenvalue weighted by atomic mass is 15.2. The molecule has 17 heavy (non-hydrogen) atoms. The SMILES string of the molecule is CCCCCN(c1cc(N)nc(C)n1)C(C)C. The van der Waals surface area contributed by atoms with Gasteiger partial charge in [0.15, 0.2) is 0 Å². The fraction of sp³-hybridized carbons (Fsp3) is 0.692. The molecule has 0 saturated heterocycles. The van der Waals surface area contributed by atoms with Crippen LogP contribution in [0, 0.1) is 6.92 Å². The molecule has 4 nitrogen and oxygen atoms in total. The second-order valence-electron chi connectivity index (χ2n) is 4.69. The van der Waals surface area contributed by atoms with Crippen LogP contribution in [-0.2, 0) is 0 Å². The first-order valence-electron chi connectivity index (χ1n) is 6.42. The Morgan fingerprint density at radius 3 is 2.53 bits per heavy atom. The monoisotopic (exact) mass is 236 g/mol. The van der Waals surface area contributed by atoms with E-state index in [0.717, 1.165) is 18.2 Å². The minimum absolute atomic E-state index is 0.431. The molecule has 2 N–H and O–H groups in total. The van der Waals surface area contributed by atoms with Crippen LogP contribution in [0.15, 0.2) is 6.07 Å². The molecule has 0 amide bonds. The summed E-state index contributed by atoms with van der Waals surface area (Å²) in [7, 11) is 0.